The normalized spacial score (nSPS) is 23.0. The average molecular weight is 684 g/mol. The monoisotopic (exact) mass is 682 g/mol. The molecule has 1 aliphatic heterocycles. The van der Waals surface area contributed by atoms with E-state index in [1.807, 2.05) is 25.1 Å². The van der Waals surface area contributed by atoms with Gasteiger partial charge in [-0.3, -0.25) is 19.2 Å². The van der Waals surface area contributed by atoms with Crippen LogP contribution >= 0.6 is 15.9 Å². The van der Waals surface area contributed by atoms with Gasteiger partial charge < -0.3 is 23.7 Å². The third-order valence-electron chi connectivity index (χ3n) is 7.01. The van der Waals surface area contributed by atoms with Crippen LogP contribution in [0, 0.1) is 21.7 Å². The Kier molecular flexibility index (Phi) is 11.9. The van der Waals surface area contributed by atoms with E-state index in [2.05, 4.69) is 15.9 Å². The van der Waals surface area contributed by atoms with Crippen molar-refractivity contribution in [2.45, 2.75) is 127 Å². The fourth-order valence-electron chi connectivity index (χ4n) is 4.19. The fourth-order valence-corrected chi connectivity index (χ4v) is 4.86. The third-order valence-corrected chi connectivity index (χ3v) is 7.75. The molecular weight excluding hydrogens is 632 g/mol. The maximum Gasteiger partial charge on any atom is 0.311 e. The topological polar surface area (TPSA) is 114 Å². The van der Waals surface area contributed by atoms with E-state index >= 15 is 0 Å². The number of ether oxygens (including phenoxy) is 5. The molecular formula is C34H51BrO9. The molecule has 0 radical (unpaired) electrons. The van der Waals surface area contributed by atoms with Crippen molar-refractivity contribution >= 4 is 39.8 Å². The Balaban J connectivity index is 2.85. The van der Waals surface area contributed by atoms with Crippen LogP contribution in [0.25, 0.3) is 0 Å². The zero-order chi connectivity index (χ0) is 34.0. The summed E-state index contributed by atoms with van der Waals surface area (Å²) in [5.41, 5.74) is -2.01. The van der Waals surface area contributed by atoms with Crippen molar-refractivity contribution in [3.05, 3.63) is 33.8 Å². The number of esters is 4. The van der Waals surface area contributed by atoms with Gasteiger partial charge in [0.05, 0.1) is 21.7 Å². The van der Waals surface area contributed by atoms with E-state index in [-0.39, 0.29) is 6.61 Å². The predicted molar refractivity (Wildman–Crippen MR) is 170 cm³/mol. The summed E-state index contributed by atoms with van der Waals surface area (Å²) >= 11 is 3.62. The third kappa shape index (κ3) is 9.52. The van der Waals surface area contributed by atoms with Crippen LogP contribution < -0.4 is 0 Å². The molecule has 248 valence electrons. The number of carbonyl (C=O) groups is 4. The Labute approximate surface area is 271 Å². The minimum Gasteiger partial charge on any atom is -0.462 e. The molecule has 0 aliphatic carbocycles. The lowest BCUT2D eigenvalue weighted by molar-refractivity contribution is -0.262. The Morgan fingerprint density at radius 1 is 0.682 bits per heavy atom. The van der Waals surface area contributed by atoms with Crippen molar-refractivity contribution in [2.24, 2.45) is 21.7 Å². The second-order valence-electron chi connectivity index (χ2n) is 15.5. The van der Waals surface area contributed by atoms with Crippen molar-refractivity contribution in [2.75, 3.05) is 6.61 Å². The molecule has 0 bridgehead atoms. The SMILES string of the molecule is CCc1c(Br)cccc1[C@H]1O[C@H](COC(=O)C(C)(C)C)[C@@H](OC(=O)C(C)(C)C)[C@H](OC(=O)C(C)(C)C)[C@@H]1OC(=O)C(C)(C)C. The number of rotatable bonds is 7. The van der Waals surface area contributed by atoms with E-state index in [4.69, 9.17) is 23.7 Å². The lowest BCUT2D eigenvalue weighted by Crippen LogP contribution is -2.61. The van der Waals surface area contributed by atoms with E-state index in [0.717, 1.165) is 10.0 Å². The maximum absolute atomic E-state index is 13.5. The quantitative estimate of drug-likeness (QED) is 0.223. The van der Waals surface area contributed by atoms with Crippen molar-refractivity contribution in [1.29, 1.82) is 0 Å². The summed E-state index contributed by atoms with van der Waals surface area (Å²) in [4.78, 5) is 53.1. The lowest BCUT2D eigenvalue weighted by atomic mass is 9.86. The second kappa shape index (κ2) is 13.9. The Hall–Kier alpha value is -2.46. The molecule has 0 spiro atoms. The molecule has 0 amide bonds. The summed E-state index contributed by atoms with van der Waals surface area (Å²) in [5, 5.41) is 0. The predicted octanol–water partition coefficient (Wildman–Crippen LogP) is 6.91. The molecule has 1 aliphatic rings. The average Bonchev–Trinajstić information content (AvgIpc) is 2.86. The highest BCUT2D eigenvalue weighted by molar-refractivity contribution is 9.10. The van der Waals surface area contributed by atoms with E-state index in [9.17, 15) is 19.2 Å². The smallest absolute Gasteiger partial charge is 0.311 e. The Morgan fingerprint density at radius 3 is 1.55 bits per heavy atom. The maximum atomic E-state index is 13.5. The zero-order valence-electron chi connectivity index (χ0n) is 28.6. The van der Waals surface area contributed by atoms with E-state index < -0.39 is 76.1 Å². The first-order valence-electron chi connectivity index (χ1n) is 15.1. The van der Waals surface area contributed by atoms with Gasteiger partial charge >= 0.3 is 23.9 Å². The van der Waals surface area contributed by atoms with Gasteiger partial charge in [-0.05, 0) is 107 Å². The molecule has 44 heavy (non-hydrogen) atoms. The molecule has 0 unspecified atom stereocenters. The van der Waals surface area contributed by atoms with E-state index in [1.54, 1.807) is 83.1 Å². The summed E-state index contributed by atoms with van der Waals surface area (Å²) in [6, 6.07) is 5.59. The minimum absolute atomic E-state index is 0.298. The first-order valence-corrected chi connectivity index (χ1v) is 15.9. The van der Waals surface area contributed by atoms with Gasteiger partial charge in [-0.15, -0.1) is 0 Å². The number of halogens is 1. The molecule has 0 aromatic heterocycles. The van der Waals surface area contributed by atoms with Gasteiger partial charge in [0.2, 0.25) is 0 Å². The molecule has 0 saturated carbocycles. The number of benzene rings is 1. The minimum atomic E-state index is -1.29. The van der Waals surface area contributed by atoms with Gasteiger partial charge in [-0.2, -0.15) is 0 Å². The van der Waals surface area contributed by atoms with Gasteiger partial charge in [0.25, 0.3) is 0 Å². The van der Waals surface area contributed by atoms with Crippen LogP contribution in [-0.2, 0) is 49.3 Å². The molecule has 9 nitrogen and oxygen atoms in total. The Bertz CT molecular complexity index is 1210. The number of hydrogen-bond acceptors (Lipinski definition) is 9. The van der Waals surface area contributed by atoms with Gasteiger partial charge in [-0.25, -0.2) is 0 Å². The first-order chi connectivity index (χ1) is 19.9. The summed E-state index contributed by atoms with van der Waals surface area (Å²) in [7, 11) is 0. The molecule has 1 aromatic rings. The highest BCUT2D eigenvalue weighted by Crippen LogP contribution is 2.42. The van der Waals surface area contributed by atoms with Crippen molar-refractivity contribution in [1.82, 2.24) is 0 Å². The molecule has 10 heteroatoms. The lowest BCUT2D eigenvalue weighted by Gasteiger charge is -2.46. The van der Waals surface area contributed by atoms with Crippen LogP contribution in [0.5, 0.6) is 0 Å². The van der Waals surface area contributed by atoms with Crippen LogP contribution in [0.4, 0.5) is 0 Å². The van der Waals surface area contributed by atoms with Gasteiger partial charge in [0.1, 0.15) is 18.8 Å². The standard InChI is InChI=1S/C34H51BrO9/c1-14-19-20(16-15-17-21(19)35)23-25(43-29(38)33(8,9)10)26(44-30(39)34(11,12)13)24(42-28(37)32(5,6)7)22(41-23)18-40-27(36)31(2,3)4/h15-17,22-26H,14,18H2,1-13H3/t22-,23-,24-,25-,26+/m1/s1. The summed E-state index contributed by atoms with van der Waals surface area (Å²) < 4.78 is 31.5. The van der Waals surface area contributed by atoms with Crippen molar-refractivity contribution < 1.29 is 42.9 Å². The molecule has 1 saturated heterocycles. The fraction of sp³-hybridized carbons (Fsp3) is 0.706. The summed E-state index contributed by atoms with van der Waals surface area (Å²) in [5.74, 6) is -2.22. The highest BCUT2D eigenvalue weighted by Gasteiger charge is 2.55. The van der Waals surface area contributed by atoms with Gasteiger partial charge in [-0.1, -0.05) is 35.0 Å². The van der Waals surface area contributed by atoms with E-state index in [1.165, 1.54) is 0 Å². The number of carbonyl (C=O) groups excluding carboxylic acids is 4. The first kappa shape index (κ1) is 37.7. The van der Waals surface area contributed by atoms with E-state index in [0.29, 0.717) is 12.0 Å². The molecule has 2 rings (SSSR count). The summed E-state index contributed by atoms with van der Waals surface area (Å²) in [6.07, 6.45) is -5.19. The van der Waals surface area contributed by atoms with Crippen molar-refractivity contribution in [3.8, 4) is 0 Å². The molecule has 0 N–H and O–H groups in total. The molecule has 1 heterocycles. The van der Waals surface area contributed by atoms with Crippen LogP contribution in [0.1, 0.15) is 107 Å². The summed E-state index contributed by atoms with van der Waals surface area (Å²) in [6.45, 7) is 22.2. The molecule has 5 atom stereocenters. The van der Waals surface area contributed by atoms with Crippen molar-refractivity contribution in [3.63, 3.8) is 0 Å². The highest BCUT2D eigenvalue weighted by atomic mass is 79.9. The molecule has 1 aromatic carbocycles. The van der Waals surface area contributed by atoms with Crippen LogP contribution in [-0.4, -0.2) is 54.9 Å². The van der Waals surface area contributed by atoms with Gasteiger partial charge in [0, 0.05) is 4.47 Å². The van der Waals surface area contributed by atoms with Crippen LogP contribution in [0.15, 0.2) is 22.7 Å². The van der Waals surface area contributed by atoms with Gasteiger partial charge in [0.15, 0.2) is 18.3 Å². The van der Waals surface area contributed by atoms with Crippen LogP contribution in [0.2, 0.25) is 0 Å². The molecule has 1 fully saturated rings. The largest absolute Gasteiger partial charge is 0.462 e. The van der Waals surface area contributed by atoms with Crippen LogP contribution in [0.3, 0.4) is 0 Å². The number of hydrogen-bond donors (Lipinski definition) is 0. The Morgan fingerprint density at radius 2 is 1.11 bits per heavy atom. The zero-order valence-corrected chi connectivity index (χ0v) is 30.2. The second-order valence-corrected chi connectivity index (χ2v) is 16.3.